The highest BCUT2D eigenvalue weighted by Gasteiger charge is 2.13. The molecule has 0 aliphatic rings. The predicted molar refractivity (Wildman–Crippen MR) is 64.3 cm³/mol. The van der Waals surface area contributed by atoms with Crippen molar-refractivity contribution in [3.8, 4) is 0 Å². The van der Waals surface area contributed by atoms with E-state index in [1.54, 1.807) is 25.2 Å². The largest absolute Gasteiger partial charge is 0.397 e. The van der Waals surface area contributed by atoms with Crippen LogP contribution >= 0.6 is 0 Å². The summed E-state index contributed by atoms with van der Waals surface area (Å²) in [5, 5.41) is 9.06. The quantitative estimate of drug-likeness (QED) is 0.635. The number of nitrogens with zero attached hydrogens (tertiary/aromatic N) is 1. The lowest BCUT2D eigenvalue weighted by atomic mass is 10.1. The van der Waals surface area contributed by atoms with Gasteiger partial charge in [0.05, 0.1) is 18.0 Å². The summed E-state index contributed by atoms with van der Waals surface area (Å²) in [4.78, 5) is 12.8. The van der Waals surface area contributed by atoms with Crippen LogP contribution in [0.5, 0.6) is 0 Å². The molecule has 1 rings (SSSR count). The van der Waals surface area contributed by atoms with Gasteiger partial charge in [0.2, 0.25) is 5.91 Å². The van der Waals surface area contributed by atoms with E-state index < -0.39 is 5.91 Å². The fraction of sp³-hybridized carbons (Fsp3) is 0.364. The first kappa shape index (κ1) is 12.3. The number of aliphatic hydroxyl groups is 1. The Kier molecular flexibility index (Phi) is 3.73. The van der Waals surface area contributed by atoms with Gasteiger partial charge in [0.1, 0.15) is 0 Å². The van der Waals surface area contributed by atoms with Crippen LogP contribution in [0, 0.1) is 0 Å². The first-order valence-electron chi connectivity index (χ1n) is 5.00. The van der Waals surface area contributed by atoms with Gasteiger partial charge in [-0.2, -0.15) is 0 Å². The van der Waals surface area contributed by atoms with Crippen LogP contribution in [0.4, 0.5) is 11.4 Å². The number of carbonyl (C=O) groups is 1. The molecule has 16 heavy (non-hydrogen) atoms. The lowest BCUT2D eigenvalue weighted by molar-refractivity contribution is 0.100. The maximum absolute atomic E-state index is 11.0. The minimum absolute atomic E-state index is 0.0107. The van der Waals surface area contributed by atoms with E-state index in [4.69, 9.17) is 16.6 Å². The van der Waals surface area contributed by atoms with Gasteiger partial charge >= 0.3 is 0 Å². The summed E-state index contributed by atoms with van der Waals surface area (Å²) in [5.74, 6) is -0.494. The molecule has 1 aromatic rings. The number of anilines is 2. The fourth-order valence-corrected chi connectivity index (χ4v) is 1.36. The molecule has 0 aliphatic heterocycles. The van der Waals surface area contributed by atoms with Crippen LogP contribution in [0.2, 0.25) is 0 Å². The van der Waals surface area contributed by atoms with Gasteiger partial charge in [-0.05, 0) is 25.1 Å². The van der Waals surface area contributed by atoms with Crippen LogP contribution in [0.3, 0.4) is 0 Å². The van der Waals surface area contributed by atoms with Crippen molar-refractivity contribution >= 4 is 17.3 Å². The number of likely N-dealkylation sites (N-methyl/N-ethyl adjacent to an activating group) is 1. The monoisotopic (exact) mass is 223 g/mol. The van der Waals surface area contributed by atoms with Crippen LogP contribution < -0.4 is 16.4 Å². The minimum Gasteiger partial charge on any atom is -0.397 e. The van der Waals surface area contributed by atoms with Crippen LogP contribution in [0.1, 0.15) is 17.3 Å². The van der Waals surface area contributed by atoms with E-state index in [-0.39, 0.29) is 12.6 Å². The summed E-state index contributed by atoms with van der Waals surface area (Å²) in [6.45, 7) is 1.87. The van der Waals surface area contributed by atoms with Gasteiger partial charge in [-0.3, -0.25) is 4.79 Å². The smallest absolute Gasteiger partial charge is 0.248 e. The molecule has 0 aromatic heterocycles. The van der Waals surface area contributed by atoms with Gasteiger partial charge in [-0.1, -0.05) is 0 Å². The van der Waals surface area contributed by atoms with Crippen molar-refractivity contribution in [2.45, 2.75) is 13.0 Å². The summed E-state index contributed by atoms with van der Waals surface area (Å²) in [6, 6.07) is 4.77. The number of hydrogen-bond donors (Lipinski definition) is 3. The molecule has 5 N–H and O–H groups in total. The molecule has 0 saturated carbocycles. The average Bonchev–Trinajstić information content (AvgIpc) is 2.27. The summed E-state index contributed by atoms with van der Waals surface area (Å²) in [6.07, 6.45) is 0. The van der Waals surface area contributed by atoms with Crippen molar-refractivity contribution in [3.05, 3.63) is 23.8 Å². The summed E-state index contributed by atoms with van der Waals surface area (Å²) >= 11 is 0. The zero-order chi connectivity index (χ0) is 12.3. The number of carbonyl (C=O) groups excluding carboxylic acids is 1. The summed E-state index contributed by atoms with van der Waals surface area (Å²) in [5.41, 5.74) is 12.6. The van der Waals surface area contributed by atoms with E-state index in [9.17, 15) is 4.79 Å². The van der Waals surface area contributed by atoms with Gasteiger partial charge in [0, 0.05) is 18.7 Å². The minimum atomic E-state index is -0.494. The van der Waals surface area contributed by atoms with Crippen molar-refractivity contribution in [2.75, 3.05) is 24.3 Å². The molecule has 0 saturated heterocycles. The molecule has 0 aliphatic carbocycles. The van der Waals surface area contributed by atoms with E-state index in [0.29, 0.717) is 16.9 Å². The van der Waals surface area contributed by atoms with Gasteiger partial charge in [0.25, 0.3) is 0 Å². The summed E-state index contributed by atoms with van der Waals surface area (Å²) in [7, 11) is 1.80. The normalized spacial score (nSPS) is 12.2. The molecule has 1 aromatic carbocycles. The van der Waals surface area contributed by atoms with E-state index in [2.05, 4.69) is 0 Å². The van der Waals surface area contributed by atoms with E-state index in [1.165, 1.54) is 0 Å². The Morgan fingerprint density at radius 3 is 2.69 bits per heavy atom. The molecule has 88 valence electrons. The highest BCUT2D eigenvalue weighted by Crippen LogP contribution is 2.24. The molecule has 0 heterocycles. The Balaban J connectivity index is 3.11. The van der Waals surface area contributed by atoms with Crippen LogP contribution in [-0.4, -0.2) is 30.7 Å². The standard InChI is InChI=1S/C11H17N3O2/c1-7(6-15)14(2)10-5-8(11(13)16)3-4-9(10)12/h3-5,7,15H,6,12H2,1-2H3,(H2,13,16). The average molecular weight is 223 g/mol. The number of nitrogen functional groups attached to an aromatic ring is 1. The molecular formula is C11H17N3O2. The van der Waals surface area contributed by atoms with Crippen LogP contribution in [0.25, 0.3) is 0 Å². The maximum Gasteiger partial charge on any atom is 0.248 e. The van der Waals surface area contributed by atoms with E-state index in [0.717, 1.165) is 0 Å². The molecule has 1 unspecified atom stereocenters. The molecule has 0 bridgehead atoms. The Labute approximate surface area is 94.7 Å². The predicted octanol–water partition coefficient (Wildman–Crippen LogP) is 0.185. The van der Waals surface area contributed by atoms with Crippen LogP contribution in [-0.2, 0) is 0 Å². The molecule has 0 radical (unpaired) electrons. The first-order valence-corrected chi connectivity index (χ1v) is 5.00. The van der Waals surface area contributed by atoms with Crippen molar-refractivity contribution in [1.82, 2.24) is 0 Å². The van der Waals surface area contributed by atoms with Gasteiger partial charge in [-0.15, -0.1) is 0 Å². The van der Waals surface area contributed by atoms with Crippen molar-refractivity contribution < 1.29 is 9.90 Å². The number of rotatable bonds is 4. The third kappa shape index (κ3) is 2.43. The van der Waals surface area contributed by atoms with Gasteiger partial charge in [0.15, 0.2) is 0 Å². The SMILES string of the molecule is CC(CO)N(C)c1cc(C(N)=O)ccc1N. The molecule has 1 atom stereocenters. The second-order valence-corrected chi connectivity index (χ2v) is 3.78. The van der Waals surface area contributed by atoms with Gasteiger partial charge in [-0.25, -0.2) is 0 Å². The fourth-order valence-electron chi connectivity index (χ4n) is 1.36. The van der Waals surface area contributed by atoms with E-state index in [1.807, 2.05) is 11.8 Å². The zero-order valence-electron chi connectivity index (χ0n) is 9.47. The summed E-state index contributed by atoms with van der Waals surface area (Å²) < 4.78 is 0. The topological polar surface area (TPSA) is 92.6 Å². The molecular weight excluding hydrogens is 206 g/mol. The third-order valence-corrected chi connectivity index (χ3v) is 2.62. The lowest BCUT2D eigenvalue weighted by Gasteiger charge is -2.27. The molecule has 0 fully saturated rings. The van der Waals surface area contributed by atoms with Crippen molar-refractivity contribution in [3.63, 3.8) is 0 Å². The Bertz CT molecular complexity index is 393. The molecule has 5 nitrogen and oxygen atoms in total. The first-order chi connectivity index (χ1) is 7.47. The van der Waals surface area contributed by atoms with Crippen molar-refractivity contribution in [1.29, 1.82) is 0 Å². The number of amides is 1. The molecule has 5 heteroatoms. The Morgan fingerprint density at radius 2 is 2.19 bits per heavy atom. The Morgan fingerprint density at radius 1 is 1.56 bits per heavy atom. The third-order valence-electron chi connectivity index (χ3n) is 2.62. The van der Waals surface area contributed by atoms with Crippen molar-refractivity contribution in [2.24, 2.45) is 5.73 Å². The highest BCUT2D eigenvalue weighted by atomic mass is 16.3. The van der Waals surface area contributed by atoms with Crippen LogP contribution in [0.15, 0.2) is 18.2 Å². The van der Waals surface area contributed by atoms with E-state index >= 15 is 0 Å². The maximum atomic E-state index is 11.0. The number of benzene rings is 1. The second kappa shape index (κ2) is 4.85. The number of nitrogens with two attached hydrogens (primary N) is 2. The second-order valence-electron chi connectivity index (χ2n) is 3.78. The molecule has 0 spiro atoms. The molecule has 1 amide bonds. The highest BCUT2D eigenvalue weighted by molar-refractivity contribution is 5.95. The lowest BCUT2D eigenvalue weighted by Crippen LogP contribution is -2.32. The number of primary amides is 1. The number of hydrogen-bond acceptors (Lipinski definition) is 4. The zero-order valence-corrected chi connectivity index (χ0v) is 9.47. The Hall–Kier alpha value is -1.75. The van der Waals surface area contributed by atoms with Gasteiger partial charge < -0.3 is 21.5 Å². The number of aliphatic hydroxyl groups excluding tert-OH is 1.